The predicted octanol–water partition coefficient (Wildman–Crippen LogP) is 5.19. The maximum absolute atomic E-state index is 12.8. The molecule has 2 aromatic heterocycles. The second-order valence-corrected chi connectivity index (χ2v) is 8.92. The van der Waals surface area contributed by atoms with E-state index in [-0.39, 0.29) is 5.91 Å². The number of nitrogens with zero attached hydrogens (tertiary/aromatic N) is 3. The van der Waals surface area contributed by atoms with E-state index in [0.29, 0.717) is 12.3 Å². The molecular weight excluding hydrogens is 410 g/mol. The highest BCUT2D eigenvalue weighted by Gasteiger charge is 2.26. The van der Waals surface area contributed by atoms with Crippen LogP contribution in [-0.2, 0) is 17.6 Å². The van der Waals surface area contributed by atoms with Crippen LogP contribution >= 0.6 is 11.6 Å². The minimum Gasteiger partial charge on any atom is -0.361 e. The maximum Gasteiger partial charge on any atom is 0.227 e. The Bertz CT molecular complexity index is 1050. The topological polar surface area (TPSA) is 59.2 Å². The van der Waals surface area contributed by atoms with E-state index >= 15 is 0 Å². The molecule has 162 valence electrons. The highest BCUT2D eigenvalue weighted by molar-refractivity contribution is 6.30. The molecular formula is C25H28ClN3O2. The number of likely N-dealkylation sites (tertiary alicyclic amines) is 1. The van der Waals surface area contributed by atoms with Crippen molar-refractivity contribution < 1.29 is 9.32 Å². The van der Waals surface area contributed by atoms with Gasteiger partial charge in [-0.15, -0.1) is 0 Å². The van der Waals surface area contributed by atoms with E-state index in [0.717, 1.165) is 65.8 Å². The first-order valence-electron chi connectivity index (χ1n) is 10.8. The molecule has 1 aliphatic rings. The highest BCUT2D eigenvalue weighted by atomic mass is 35.5. The quantitative estimate of drug-likeness (QED) is 0.551. The molecule has 1 amide bonds. The van der Waals surface area contributed by atoms with Crippen molar-refractivity contribution >= 4 is 17.5 Å². The van der Waals surface area contributed by atoms with E-state index in [2.05, 4.69) is 36.3 Å². The number of halogens is 1. The summed E-state index contributed by atoms with van der Waals surface area (Å²) in [5, 5.41) is 4.71. The Hall–Kier alpha value is -2.66. The summed E-state index contributed by atoms with van der Waals surface area (Å²) in [6.45, 7) is 7.32. The zero-order valence-electron chi connectivity index (χ0n) is 18.3. The number of hydrogen-bond acceptors (Lipinski definition) is 4. The van der Waals surface area contributed by atoms with Crippen LogP contribution < -0.4 is 0 Å². The predicted molar refractivity (Wildman–Crippen MR) is 121 cm³/mol. The molecule has 6 heteroatoms. The number of carbonyl (C=O) groups is 1. The van der Waals surface area contributed by atoms with Crippen molar-refractivity contribution in [3.05, 3.63) is 81.0 Å². The number of carbonyl (C=O) groups excluding carboxylic acids is 1. The lowest BCUT2D eigenvalue weighted by Gasteiger charge is -2.32. The average Bonchev–Trinajstić information content (AvgIpc) is 3.07. The summed E-state index contributed by atoms with van der Waals surface area (Å²) in [6, 6.07) is 12.4. The van der Waals surface area contributed by atoms with E-state index in [1.807, 2.05) is 30.9 Å². The number of rotatable bonds is 5. The third-order valence-electron chi connectivity index (χ3n) is 6.13. The van der Waals surface area contributed by atoms with Crippen LogP contribution in [0.4, 0.5) is 0 Å². The van der Waals surface area contributed by atoms with Crippen LogP contribution in [-0.4, -0.2) is 34.0 Å². The van der Waals surface area contributed by atoms with E-state index < -0.39 is 0 Å². The first-order valence-corrected chi connectivity index (χ1v) is 11.2. The molecule has 0 bridgehead atoms. The van der Waals surface area contributed by atoms with Crippen LogP contribution in [0.3, 0.4) is 0 Å². The Labute approximate surface area is 188 Å². The third kappa shape index (κ3) is 5.16. The van der Waals surface area contributed by atoms with E-state index in [9.17, 15) is 4.79 Å². The lowest BCUT2D eigenvalue weighted by atomic mass is 9.91. The minimum absolute atomic E-state index is 0.147. The fourth-order valence-corrected chi connectivity index (χ4v) is 4.49. The van der Waals surface area contributed by atoms with Gasteiger partial charge in [0, 0.05) is 41.0 Å². The molecule has 0 atom stereocenters. The molecule has 1 aliphatic heterocycles. The van der Waals surface area contributed by atoms with Crippen LogP contribution in [0.1, 0.15) is 58.3 Å². The van der Waals surface area contributed by atoms with Gasteiger partial charge in [0.2, 0.25) is 5.91 Å². The van der Waals surface area contributed by atoms with E-state index in [1.165, 1.54) is 11.1 Å². The minimum atomic E-state index is 0.147. The highest BCUT2D eigenvalue weighted by Crippen LogP contribution is 2.29. The summed E-state index contributed by atoms with van der Waals surface area (Å²) in [5.74, 6) is 1.26. The molecule has 3 aromatic rings. The molecule has 0 spiro atoms. The van der Waals surface area contributed by atoms with Gasteiger partial charge in [-0.1, -0.05) is 28.9 Å². The average molecular weight is 438 g/mol. The van der Waals surface area contributed by atoms with Gasteiger partial charge in [-0.25, -0.2) is 0 Å². The molecule has 0 unspecified atom stereocenters. The number of benzene rings is 1. The molecule has 3 heterocycles. The lowest BCUT2D eigenvalue weighted by molar-refractivity contribution is -0.131. The first-order chi connectivity index (χ1) is 14.9. The van der Waals surface area contributed by atoms with Crippen LogP contribution in [0, 0.1) is 20.8 Å². The first kappa shape index (κ1) is 21.6. The second-order valence-electron chi connectivity index (χ2n) is 8.48. The fourth-order valence-electron chi connectivity index (χ4n) is 4.36. The zero-order chi connectivity index (χ0) is 22.0. The summed E-state index contributed by atoms with van der Waals surface area (Å²) in [7, 11) is 0. The van der Waals surface area contributed by atoms with Gasteiger partial charge < -0.3 is 9.42 Å². The van der Waals surface area contributed by atoms with Gasteiger partial charge in [-0.05, 0) is 75.4 Å². The number of amides is 1. The van der Waals surface area contributed by atoms with Crippen LogP contribution in [0.5, 0.6) is 0 Å². The van der Waals surface area contributed by atoms with Gasteiger partial charge in [0.15, 0.2) is 0 Å². The monoisotopic (exact) mass is 437 g/mol. The molecule has 1 saturated heterocycles. The Balaban J connectivity index is 1.39. The van der Waals surface area contributed by atoms with Crippen LogP contribution in [0.15, 0.2) is 40.9 Å². The maximum atomic E-state index is 12.8. The van der Waals surface area contributed by atoms with Gasteiger partial charge in [0.05, 0.1) is 12.1 Å². The molecule has 31 heavy (non-hydrogen) atoms. The molecule has 1 aromatic carbocycles. The standard InChI is InChI=1S/C25H28ClN3O2/c1-16-12-20(13-19-4-6-22(26)7-5-19)14-24(27-16)21-8-10-29(11-9-21)25(30)15-23-17(2)28-31-18(23)3/h4-7,12,14,21H,8-11,13,15H2,1-3H3. The van der Waals surface area contributed by atoms with Crippen molar-refractivity contribution in [2.45, 2.75) is 52.4 Å². The third-order valence-corrected chi connectivity index (χ3v) is 6.38. The normalized spacial score (nSPS) is 14.8. The largest absolute Gasteiger partial charge is 0.361 e. The zero-order valence-corrected chi connectivity index (χ0v) is 19.1. The van der Waals surface area contributed by atoms with Gasteiger partial charge in [-0.3, -0.25) is 9.78 Å². The summed E-state index contributed by atoms with van der Waals surface area (Å²) in [6.07, 6.45) is 3.09. The number of piperidine rings is 1. The molecule has 0 N–H and O–H groups in total. The van der Waals surface area contributed by atoms with Crippen LogP contribution in [0.2, 0.25) is 5.02 Å². The molecule has 0 radical (unpaired) electrons. The fraction of sp³-hybridized carbons (Fsp3) is 0.400. The SMILES string of the molecule is Cc1cc(Cc2ccc(Cl)cc2)cc(C2CCN(C(=O)Cc3c(C)noc3C)CC2)n1. The second kappa shape index (κ2) is 9.23. The van der Waals surface area contributed by atoms with Crippen molar-refractivity contribution in [3.8, 4) is 0 Å². The van der Waals surface area contributed by atoms with Crippen molar-refractivity contribution in [3.63, 3.8) is 0 Å². The summed E-state index contributed by atoms with van der Waals surface area (Å²) < 4.78 is 5.19. The van der Waals surface area contributed by atoms with Gasteiger partial charge in [0.1, 0.15) is 5.76 Å². The van der Waals surface area contributed by atoms with Gasteiger partial charge in [0.25, 0.3) is 0 Å². The molecule has 1 fully saturated rings. The number of pyridine rings is 1. The molecule has 4 rings (SSSR count). The summed E-state index contributed by atoms with van der Waals surface area (Å²) >= 11 is 6.01. The Kier molecular flexibility index (Phi) is 6.42. The van der Waals surface area contributed by atoms with Gasteiger partial charge in [-0.2, -0.15) is 0 Å². The van der Waals surface area contributed by atoms with E-state index in [1.54, 1.807) is 0 Å². The number of aromatic nitrogens is 2. The van der Waals surface area contributed by atoms with Crippen molar-refractivity contribution in [2.75, 3.05) is 13.1 Å². The lowest BCUT2D eigenvalue weighted by Crippen LogP contribution is -2.39. The molecule has 0 saturated carbocycles. The smallest absolute Gasteiger partial charge is 0.227 e. The molecule has 5 nitrogen and oxygen atoms in total. The van der Waals surface area contributed by atoms with E-state index in [4.69, 9.17) is 21.1 Å². The number of aryl methyl sites for hydroxylation is 3. The van der Waals surface area contributed by atoms with Crippen molar-refractivity contribution in [2.24, 2.45) is 0 Å². The van der Waals surface area contributed by atoms with Crippen molar-refractivity contribution in [1.82, 2.24) is 15.0 Å². The molecule has 0 aliphatic carbocycles. The Morgan fingerprint density at radius 1 is 1.10 bits per heavy atom. The number of hydrogen-bond donors (Lipinski definition) is 0. The summed E-state index contributed by atoms with van der Waals surface area (Å²) in [4.78, 5) is 19.6. The van der Waals surface area contributed by atoms with Crippen molar-refractivity contribution in [1.29, 1.82) is 0 Å². The Morgan fingerprint density at radius 3 is 2.45 bits per heavy atom. The van der Waals surface area contributed by atoms with Gasteiger partial charge >= 0.3 is 0 Å². The Morgan fingerprint density at radius 2 is 1.81 bits per heavy atom. The van der Waals surface area contributed by atoms with Crippen LogP contribution in [0.25, 0.3) is 0 Å². The summed E-state index contributed by atoms with van der Waals surface area (Å²) in [5.41, 5.74) is 6.40.